The van der Waals surface area contributed by atoms with Crippen LogP contribution in [-0.4, -0.2) is 6.67 Å². The molecule has 0 radical (unpaired) electrons. The average Bonchev–Trinajstić information content (AvgIpc) is 2.76. The molecule has 1 aromatic rings. The number of halogens is 1. The van der Waals surface area contributed by atoms with Crippen molar-refractivity contribution in [3.63, 3.8) is 0 Å². The molecule has 0 atom stereocenters. The topological polar surface area (TPSA) is 0 Å². The Bertz CT molecular complexity index is 556. The lowest BCUT2D eigenvalue weighted by Crippen LogP contribution is -2.17. The Morgan fingerprint density at radius 3 is 2.04 bits per heavy atom. The third-order valence-corrected chi connectivity index (χ3v) is 7.49. The Kier molecular flexibility index (Phi) is 9.09. The van der Waals surface area contributed by atoms with Gasteiger partial charge < -0.3 is 0 Å². The Morgan fingerprint density at radius 2 is 1.46 bits per heavy atom. The molecule has 0 spiro atoms. The first-order chi connectivity index (χ1) is 13.8. The summed E-state index contributed by atoms with van der Waals surface area (Å²) in [5, 5.41) is 0. The van der Waals surface area contributed by atoms with E-state index in [2.05, 4.69) is 43.3 Å². The fourth-order valence-electron chi connectivity index (χ4n) is 5.43. The zero-order valence-corrected chi connectivity index (χ0v) is 18.1. The van der Waals surface area contributed by atoms with E-state index in [0.717, 1.165) is 36.5 Å². The zero-order chi connectivity index (χ0) is 19.6. The quantitative estimate of drug-likeness (QED) is 0.296. The lowest BCUT2D eigenvalue weighted by molar-refractivity contribution is 0.246. The molecule has 28 heavy (non-hydrogen) atoms. The summed E-state index contributed by atoms with van der Waals surface area (Å²) >= 11 is 0. The van der Waals surface area contributed by atoms with Gasteiger partial charge in [0.25, 0.3) is 0 Å². The second kappa shape index (κ2) is 11.8. The third kappa shape index (κ3) is 6.75. The first-order valence-corrected chi connectivity index (χ1v) is 12.1. The molecule has 0 N–H and O–H groups in total. The van der Waals surface area contributed by atoms with Crippen molar-refractivity contribution < 1.29 is 4.39 Å². The summed E-state index contributed by atoms with van der Waals surface area (Å²) in [7, 11) is 0. The maximum absolute atomic E-state index is 12.2. The van der Waals surface area contributed by atoms with Crippen LogP contribution in [0.3, 0.4) is 0 Å². The van der Waals surface area contributed by atoms with Crippen molar-refractivity contribution in [1.82, 2.24) is 0 Å². The Morgan fingerprint density at radius 1 is 0.857 bits per heavy atom. The van der Waals surface area contributed by atoms with Crippen LogP contribution in [0.25, 0.3) is 0 Å². The highest BCUT2D eigenvalue weighted by atomic mass is 19.1. The van der Waals surface area contributed by atoms with E-state index in [-0.39, 0.29) is 6.67 Å². The standard InChI is InChI=1S/C27H41F/c1-2-22-13-17-26(18-14-22)27-19-15-25(16-20-27)12-11-24-9-7-23(8-10-24)6-4-3-5-21-28/h4,6,13-14,17-18,23-25,27H,2-3,5,7-12,15-16,19-21H2,1H3/b6-4+/t23-,24-,25-,27-. The summed E-state index contributed by atoms with van der Waals surface area (Å²) in [5.41, 5.74) is 3.04. The van der Waals surface area contributed by atoms with Crippen molar-refractivity contribution in [3.05, 3.63) is 47.5 Å². The second-order valence-electron chi connectivity index (χ2n) is 9.43. The van der Waals surface area contributed by atoms with Crippen LogP contribution >= 0.6 is 0 Å². The normalized spacial score (nSPS) is 28.6. The van der Waals surface area contributed by atoms with Crippen LogP contribution in [0.15, 0.2) is 36.4 Å². The molecule has 2 saturated carbocycles. The minimum Gasteiger partial charge on any atom is -0.251 e. The minimum atomic E-state index is -0.176. The van der Waals surface area contributed by atoms with Crippen molar-refractivity contribution in [3.8, 4) is 0 Å². The van der Waals surface area contributed by atoms with E-state index in [0.29, 0.717) is 6.42 Å². The molecule has 0 amide bonds. The lowest BCUT2D eigenvalue weighted by Gasteiger charge is -2.31. The van der Waals surface area contributed by atoms with Gasteiger partial charge in [-0.3, -0.25) is 4.39 Å². The van der Waals surface area contributed by atoms with Crippen molar-refractivity contribution in [2.24, 2.45) is 17.8 Å². The minimum absolute atomic E-state index is 0.176. The molecule has 0 bridgehead atoms. The zero-order valence-electron chi connectivity index (χ0n) is 18.1. The number of unbranched alkanes of at least 4 members (excludes halogenated alkanes) is 1. The number of aryl methyl sites for hydroxylation is 1. The van der Waals surface area contributed by atoms with Gasteiger partial charge in [0.1, 0.15) is 0 Å². The molecule has 2 aliphatic carbocycles. The molecule has 156 valence electrons. The second-order valence-corrected chi connectivity index (χ2v) is 9.43. The summed E-state index contributed by atoms with van der Waals surface area (Å²) < 4.78 is 12.2. The predicted molar refractivity (Wildman–Crippen MR) is 120 cm³/mol. The maximum Gasteiger partial charge on any atom is 0.0897 e. The number of alkyl halides is 1. The number of rotatable bonds is 9. The Balaban J connectivity index is 1.31. The number of hydrogen-bond donors (Lipinski definition) is 0. The first-order valence-electron chi connectivity index (χ1n) is 12.1. The maximum atomic E-state index is 12.2. The molecule has 2 fully saturated rings. The molecule has 0 nitrogen and oxygen atoms in total. The highest BCUT2D eigenvalue weighted by Gasteiger charge is 2.24. The fourth-order valence-corrected chi connectivity index (χ4v) is 5.43. The Hall–Kier alpha value is -1.11. The number of benzene rings is 1. The van der Waals surface area contributed by atoms with E-state index in [1.54, 1.807) is 5.56 Å². The predicted octanol–water partition coefficient (Wildman–Crippen LogP) is 8.42. The molecular weight excluding hydrogens is 343 g/mol. The molecule has 1 aromatic carbocycles. The van der Waals surface area contributed by atoms with Gasteiger partial charge in [-0.1, -0.05) is 56.2 Å². The fraction of sp³-hybridized carbons (Fsp3) is 0.704. The van der Waals surface area contributed by atoms with Gasteiger partial charge in [0, 0.05) is 0 Å². The first kappa shape index (κ1) is 21.6. The molecule has 0 aromatic heterocycles. The van der Waals surface area contributed by atoms with Gasteiger partial charge in [-0.2, -0.15) is 0 Å². The van der Waals surface area contributed by atoms with Crippen LogP contribution in [0, 0.1) is 17.8 Å². The van der Waals surface area contributed by atoms with Gasteiger partial charge in [0.05, 0.1) is 6.67 Å². The van der Waals surface area contributed by atoms with Crippen molar-refractivity contribution in [1.29, 1.82) is 0 Å². The molecule has 0 heterocycles. The largest absolute Gasteiger partial charge is 0.251 e. The smallest absolute Gasteiger partial charge is 0.0897 e. The summed E-state index contributed by atoms with van der Waals surface area (Å²) in [6.45, 7) is 2.06. The third-order valence-electron chi connectivity index (χ3n) is 7.49. The van der Waals surface area contributed by atoms with Gasteiger partial charge in [0.2, 0.25) is 0 Å². The van der Waals surface area contributed by atoms with Crippen LogP contribution in [0.4, 0.5) is 4.39 Å². The van der Waals surface area contributed by atoms with E-state index >= 15 is 0 Å². The SMILES string of the molecule is CCc1ccc([C@H]2CC[C@H](CC[C@H]3CC[C@H](/C=C/CCCF)CC3)CC2)cc1. The molecular formula is C27H41F. The van der Waals surface area contributed by atoms with Gasteiger partial charge in [-0.25, -0.2) is 0 Å². The molecule has 0 unspecified atom stereocenters. The summed E-state index contributed by atoms with van der Waals surface area (Å²) in [6, 6.07) is 9.42. The van der Waals surface area contributed by atoms with E-state index in [1.807, 2.05) is 0 Å². The monoisotopic (exact) mass is 384 g/mol. The molecule has 3 rings (SSSR count). The molecule has 1 heteroatoms. The van der Waals surface area contributed by atoms with Gasteiger partial charge in [-0.15, -0.1) is 0 Å². The molecule has 0 aliphatic heterocycles. The highest BCUT2D eigenvalue weighted by Crippen LogP contribution is 2.40. The van der Waals surface area contributed by atoms with Gasteiger partial charge in [0.15, 0.2) is 0 Å². The van der Waals surface area contributed by atoms with E-state index in [1.165, 1.54) is 69.8 Å². The Labute approximate surface area is 173 Å². The van der Waals surface area contributed by atoms with E-state index in [4.69, 9.17) is 0 Å². The average molecular weight is 385 g/mol. The highest BCUT2D eigenvalue weighted by molar-refractivity contribution is 5.25. The molecule has 0 saturated heterocycles. The van der Waals surface area contributed by atoms with Crippen molar-refractivity contribution >= 4 is 0 Å². The van der Waals surface area contributed by atoms with Crippen molar-refractivity contribution in [2.45, 2.75) is 96.3 Å². The van der Waals surface area contributed by atoms with E-state index in [9.17, 15) is 4.39 Å². The van der Waals surface area contributed by atoms with Crippen LogP contribution in [0.1, 0.15) is 101 Å². The van der Waals surface area contributed by atoms with Crippen LogP contribution in [-0.2, 0) is 6.42 Å². The van der Waals surface area contributed by atoms with Crippen LogP contribution in [0.5, 0.6) is 0 Å². The van der Waals surface area contributed by atoms with Crippen LogP contribution < -0.4 is 0 Å². The number of hydrogen-bond acceptors (Lipinski definition) is 0. The van der Waals surface area contributed by atoms with Gasteiger partial charge in [-0.05, 0) is 105 Å². The van der Waals surface area contributed by atoms with Crippen LogP contribution in [0.2, 0.25) is 0 Å². The molecule has 2 aliphatic rings. The number of allylic oxidation sites excluding steroid dienone is 2. The van der Waals surface area contributed by atoms with Gasteiger partial charge >= 0.3 is 0 Å². The summed E-state index contributed by atoms with van der Waals surface area (Å²) in [6.07, 6.45) is 21.5. The summed E-state index contributed by atoms with van der Waals surface area (Å²) in [4.78, 5) is 0. The summed E-state index contributed by atoms with van der Waals surface area (Å²) in [5.74, 6) is 3.52. The van der Waals surface area contributed by atoms with E-state index < -0.39 is 0 Å². The van der Waals surface area contributed by atoms with Crippen molar-refractivity contribution in [2.75, 3.05) is 6.67 Å². The lowest BCUT2D eigenvalue weighted by atomic mass is 9.74.